The Morgan fingerprint density at radius 1 is 1.15 bits per heavy atom. The SMILES string of the molecule is c1ccc(C2CCc3onc(CNC4CC4)c3C2)cc1. The van der Waals surface area contributed by atoms with E-state index in [1.54, 1.807) is 0 Å². The molecule has 104 valence electrons. The molecule has 4 rings (SSSR count). The van der Waals surface area contributed by atoms with E-state index in [1.165, 1.54) is 30.4 Å². The molecule has 3 nitrogen and oxygen atoms in total. The van der Waals surface area contributed by atoms with Gasteiger partial charge in [0.15, 0.2) is 0 Å². The van der Waals surface area contributed by atoms with E-state index in [2.05, 4.69) is 40.8 Å². The summed E-state index contributed by atoms with van der Waals surface area (Å²) < 4.78 is 5.53. The van der Waals surface area contributed by atoms with Gasteiger partial charge in [-0.3, -0.25) is 0 Å². The van der Waals surface area contributed by atoms with Crippen LogP contribution in [0, 0.1) is 0 Å². The highest BCUT2D eigenvalue weighted by atomic mass is 16.5. The number of hydrogen-bond donors (Lipinski definition) is 1. The molecule has 1 unspecified atom stereocenters. The third kappa shape index (κ3) is 2.38. The fourth-order valence-electron chi connectivity index (χ4n) is 3.14. The second-order valence-corrected chi connectivity index (χ2v) is 6.04. The van der Waals surface area contributed by atoms with E-state index in [0.29, 0.717) is 5.92 Å². The van der Waals surface area contributed by atoms with Crippen molar-refractivity contribution < 1.29 is 4.52 Å². The van der Waals surface area contributed by atoms with Gasteiger partial charge in [0.05, 0.1) is 0 Å². The number of fused-ring (bicyclic) bond motifs is 1. The third-order valence-corrected chi connectivity index (χ3v) is 4.53. The highest BCUT2D eigenvalue weighted by Crippen LogP contribution is 2.34. The van der Waals surface area contributed by atoms with Crippen LogP contribution in [0.1, 0.15) is 47.8 Å². The van der Waals surface area contributed by atoms with Crippen LogP contribution in [-0.2, 0) is 19.4 Å². The fraction of sp³-hybridized carbons (Fsp3) is 0.471. The van der Waals surface area contributed by atoms with Gasteiger partial charge in [0, 0.05) is 24.6 Å². The number of benzene rings is 1. The zero-order valence-electron chi connectivity index (χ0n) is 11.6. The van der Waals surface area contributed by atoms with E-state index < -0.39 is 0 Å². The van der Waals surface area contributed by atoms with E-state index in [-0.39, 0.29) is 0 Å². The third-order valence-electron chi connectivity index (χ3n) is 4.53. The van der Waals surface area contributed by atoms with Gasteiger partial charge < -0.3 is 9.84 Å². The summed E-state index contributed by atoms with van der Waals surface area (Å²) in [5.74, 6) is 1.73. The maximum atomic E-state index is 5.53. The number of nitrogens with one attached hydrogen (secondary N) is 1. The van der Waals surface area contributed by atoms with Crippen LogP contribution in [0.5, 0.6) is 0 Å². The molecule has 2 aromatic rings. The van der Waals surface area contributed by atoms with Crippen LogP contribution in [0.4, 0.5) is 0 Å². The normalized spacial score (nSPS) is 21.7. The van der Waals surface area contributed by atoms with Gasteiger partial charge in [0.2, 0.25) is 0 Å². The Morgan fingerprint density at radius 2 is 2.00 bits per heavy atom. The van der Waals surface area contributed by atoms with Gasteiger partial charge in [0.1, 0.15) is 11.5 Å². The van der Waals surface area contributed by atoms with Crippen molar-refractivity contribution in [3.8, 4) is 0 Å². The monoisotopic (exact) mass is 268 g/mol. The fourth-order valence-corrected chi connectivity index (χ4v) is 3.14. The maximum Gasteiger partial charge on any atom is 0.140 e. The molecule has 0 amide bonds. The van der Waals surface area contributed by atoms with Gasteiger partial charge in [-0.2, -0.15) is 0 Å². The summed E-state index contributed by atoms with van der Waals surface area (Å²) in [7, 11) is 0. The standard InChI is InChI=1S/C17H20N2O/c1-2-4-12(5-3-1)13-6-9-17-15(10-13)16(19-20-17)11-18-14-7-8-14/h1-5,13-14,18H,6-11H2. The maximum absolute atomic E-state index is 5.53. The van der Waals surface area contributed by atoms with Crippen molar-refractivity contribution in [1.29, 1.82) is 0 Å². The first kappa shape index (κ1) is 12.2. The summed E-state index contributed by atoms with van der Waals surface area (Å²) in [5, 5.41) is 7.83. The predicted octanol–water partition coefficient (Wildman–Crippen LogP) is 3.20. The lowest BCUT2D eigenvalue weighted by atomic mass is 9.82. The van der Waals surface area contributed by atoms with Crippen LogP contribution >= 0.6 is 0 Å². The average molecular weight is 268 g/mol. The first-order valence-corrected chi connectivity index (χ1v) is 7.65. The van der Waals surface area contributed by atoms with Crippen LogP contribution in [0.3, 0.4) is 0 Å². The highest BCUT2D eigenvalue weighted by molar-refractivity contribution is 5.31. The van der Waals surface area contributed by atoms with Gasteiger partial charge in [-0.1, -0.05) is 35.5 Å². The van der Waals surface area contributed by atoms with Crippen molar-refractivity contribution in [2.75, 3.05) is 0 Å². The quantitative estimate of drug-likeness (QED) is 0.925. The molecule has 1 heterocycles. The van der Waals surface area contributed by atoms with Crippen LogP contribution in [0.2, 0.25) is 0 Å². The van der Waals surface area contributed by atoms with E-state index >= 15 is 0 Å². The molecule has 2 aliphatic carbocycles. The van der Waals surface area contributed by atoms with E-state index in [1.807, 2.05) is 0 Å². The molecule has 20 heavy (non-hydrogen) atoms. The lowest BCUT2D eigenvalue weighted by Gasteiger charge is -2.21. The largest absolute Gasteiger partial charge is 0.361 e. The molecule has 0 bridgehead atoms. The smallest absolute Gasteiger partial charge is 0.140 e. The Kier molecular flexibility index (Phi) is 3.07. The van der Waals surface area contributed by atoms with Crippen LogP contribution in [0.25, 0.3) is 0 Å². The summed E-state index contributed by atoms with van der Waals surface area (Å²) in [6, 6.07) is 11.6. The molecule has 1 atom stereocenters. The molecule has 3 heteroatoms. The summed E-state index contributed by atoms with van der Waals surface area (Å²) >= 11 is 0. The Bertz CT molecular complexity index is 586. The van der Waals surface area contributed by atoms with Crippen molar-refractivity contribution in [3.05, 3.63) is 52.9 Å². The Labute approximate surface area is 119 Å². The minimum absolute atomic E-state index is 0.614. The molecule has 1 saturated carbocycles. The van der Waals surface area contributed by atoms with Gasteiger partial charge >= 0.3 is 0 Å². The summed E-state index contributed by atoms with van der Waals surface area (Å²) in [6.07, 6.45) is 5.89. The van der Waals surface area contributed by atoms with Crippen LogP contribution < -0.4 is 5.32 Å². The minimum atomic E-state index is 0.614. The number of aryl methyl sites for hydroxylation is 1. The molecule has 1 aromatic carbocycles. The Balaban J connectivity index is 1.53. The van der Waals surface area contributed by atoms with E-state index in [4.69, 9.17) is 4.52 Å². The van der Waals surface area contributed by atoms with E-state index in [9.17, 15) is 0 Å². The summed E-state index contributed by atoms with van der Waals surface area (Å²) in [6.45, 7) is 0.866. The first-order chi connectivity index (χ1) is 9.90. The minimum Gasteiger partial charge on any atom is -0.361 e. The summed E-state index contributed by atoms with van der Waals surface area (Å²) in [5.41, 5.74) is 3.94. The second kappa shape index (κ2) is 5.06. The Hall–Kier alpha value is -1.61. The lowest BCUT2D eigenvalue weighted by Crippen LogP contribution is -2.18. The van der Waals surface area contributed by atoms with Crippen LogP contribution in [0.15, 0.2) is 34.9 Å². The molecule has 0 radical (unpaired) electrons. The number of nitrogens with zero attached hydrogens (tertiary/aromatic N) is 1. The van der Waals surface area contributed by atoms with Gasteiger partial charge in [-0.15, -0.1) is 0 Å². The molecule has 0 spiro atoms. The number of aromatic nitrogens is 1. The van der Waals surface area contributed by atoms with Gasteiger partial charge in [0.25, 0.3) is 0 Å². The van der Waals surface area contributed by atoms with Crippen molar-refractivity contribution in [2.24, 2.45) is 0 Å². The zero-order valence-corrected chi connectivity index (χ0v) is 11.6. The summed E-state index contributed by atoms with van der Waals surface area (Å²) in [4.78, 5) is 0. The number of hydrogen-bond acceptors (Lipinski definition) is 3. The molecule has 0 aliphatic heterocycles. The van der Waals surface area contributed by atoms with E-state index in [0.717, 1.165) is 36.9 Å². The Morgan fingerprint density at radius 3 is 2.80 bits per heavy atom. The van der Waals surface area contributed by atoms with Gasteiger partial charge in [-0.25, -0.2) is 0 Å². The molecular weight excluding hydrogens is 248 g/mol. The topological polar surface area (TPSA) is 38.1 Å². The van der Waals surface area contributed by atoms with Crippen molar-refractivity contribution >= 4 is 0 Å². The molecule has 1 fully saturated rings. The molecule has 1 aromatic heterocycles. The molecule has 2 aliphatic rings. The van der Waals surface area contributed by atoms with Crippen molar-refractivity contribution in [1.82, 2.24) is 10.5 Å². The average Bonchev–Trinajstić information content (AvgIpc) is 3.25. The second-order valence-electron chi connectivity index (χ2n) is 6.04. The van der Waals surface area contributed by atoms with Crippen molar-refractivity contribution in [2.45, 2.75) is 50.6 Å². The predicted molar refractivity (Wildman–Crippen MR) is 77.6 cm³/mol. The highest BCUT2D eigenvalue weighted by Gasteiger charge is 2.27. The zero-order chi connectivity index (χ0) is 13.4. The first-order valence-electron chi connectivity index (χ1n) is 7.65. The molecular formula is C17H20N2O. The van der Waals surface area contributed by atoms with Crippen molar-refractivity contribution in [3.63, 3.8) is 0 Å². The van der Waals surface area contributed by atoms with Gasteiger partial charge in [-0.05, 0) is 37.2 Å². The molecule has 0 saturated heterocycles. The number of rotatable bonds is 4. The molecule has 1 N–H and O–H groups in total. The lowest BCUT2D eigenvalue weighted by molar-refractivity contribution is 0.361. The van der Waals surface area contributed by atoms with Crippen LogP contribution in [-0.4, -0.2) is 11.2 Å².